The Hall–Kier alpha value is -0.910. The van der Waals surface area contributed by atoms with Crippen LogP contribution in [0.25, 0.3) is 0 Å². The Bertz CT molecular complexity index is 690. The van der Waals surface area contributed by atoms with Crippen molar-refractivity contribution in [2.45, 2.75) is 52.1 Å². The van der Waals surface area contributed by atoms with E-state index in [2.05, 4.69) is 0 Å². The first-order chi connectivity index (χ1) is 12.6. The number of hydrogen-bond acceptors (Lipinski definition) is 4. The summed E-state index contributed by atoms with van der Waals surface area (Å²) in [5.41, 5.74) is 0.501. The normalized spacial score (nSPS) is 20.9. The average molecular weight is 432 g/mol. The monoisotopic (exact) mass is 431 g/mol. The molecule has 2 unspecified atom stereocenters. The molecule has 7 heteroatoms. The molecule has 0 saturated carbocycles. The van der Waals surface area contributed by atoms with Crippen molar-refractivity contribution in [1.29, 1.82) is 0 Å². The second kappa shape index (κ2) is 9.53. The van der Waals surface area contributed by atoms with Gasteiger partial charge in [0.05, 0.1) is 10.0 Å². The van der Waals surface area contributed by atoms with Gasteiger partial charge >= 0.3 is 6.09 Å². The molecular formula is C20H27Cl2NO3S. The van der Waals surface area contributed by atoms with Crippen LogP contribution < -0.4 is 0 Å². The first kappa shape index (κ1) is 22.4. The molecule has 1 aromatic carbocycles. The van der Waals surface area contributed by atoms with E-state index in [0.717, 1.165) is 24.2 Å². The Morgan fingerprint density at radius 3 is 2.56 bits per heavy atom. The molecule has 2 rings (SSSR count). The van der Waals surface area contributed by atoms with Gasteiger partial charge in [0.25, 0.3) is 0 Å². The zero-order valence-corrected chi connectivity index (χ0v) is 18.6. The number of carbonyl (C=O) groups excluding carboxylic acids is 2. The number of carbonyl (C=O) groups is 2. The van der Waals surface area contributed by atoms with E-state index >= 15 is 0 Å². The number of benzene rings is 1. The highest BCUT2D eigenvalue weighted by atomic mass is 35.5. The van der Waals surface area contributed by atoms with Gasteiger partial charge in [0.15, 0.2) is 5.12 Å². The van der Waals surface area contributed by atoms with Gasteiger partial charge in [-0.05, 0) is 57.2 Å². The van der Waals surface area contributed by atoms with Gasteiger partial charge in [-0.25, -0.2) is 4.79 Å². The van der Waals surface area contributed by atoms with Crippen LogP contribution in [0.2, 0.25) is 10.0 Å². The predicted octanol–water partition coefficient (Wildman–Crippen LogP) is 6.00. The van der Waals surface area contributed by atoms with Crippen molar-refractivity contribution in [1.82, 2.24) is 4.90 Å². The summed E-state index contributed by atoms with van der Waals surface area (Å²) >= 11 is 13.7. The summed E-state index contributed by atoms with van der Waals surface area (Å²) in [6, 6.07) is 5.62. The Kier molecular flexibility index (Phi) is 7.90. The van der Waals surface area contributed by atoms with Crippen LogP contribution >= 0.6 is 35.0 Å². The first-order valence-electron chi connectivity index (χ1n) is 9.13. The van der Waals surface area contributed by atoms with Gasteiger partial charge in [0.1, 0.15) is 5.60 Å². The minimum absolute atomic E-state index is 0.0710. The van der Waals surface area contributed by atoms with E-state index in [0.29, 0.717) is 23.1 Å². The Morgan fingerprint density at radius 2 is 1.96 bits per heavy atom. The third kappa shape index (κ3) is 6.88. The van der Waals surface area contributed by atoms with Crippen LogP contribution in [0.5, 0.6) is 0 Å². The van der Waals surface area contributed by atoms with Crippen LogP contribution in [-0.4, -0.2) is 40.6 Å². The SMILES string of the molecule is CC(=O)SCC1CCCN(C(=O)OC(C)(C)C)CC1c1ccc(Cl)c(Cl)c1. The number of hydrogen-bond donors (Lipinski definition) is 0. The van der Waals surface area contributed by atoms with Gasteiger partial charge < -0.3 is 9.64 Å². The molecule has 27 heavy (non-hydrogen) atoms. The molecule has 1 saturated heterocycles. The number of nitrogens with zero attached hydrogens (tertiary/aromatic N) is 1. The van der Waals surface area contributed by atoms with Gasteiger partial charge in [-0.15, -0.1) is 0 Å². The number of amides is 1. The van der Waals surface area contributed by atoms with Gasteiger partial charge in [-0.1, -0.05) is 41.0 Å². The average Bonchev–Trinajstić information content (AvgIpc) is 2.76. The summed E-state index contributed by atoms with van der Waals surface area (Å²) in [6.07, 6.45) is 1.51. The molecule has 2 atom stereocenters. The number of thioether (sulfide) groups is 1. The van der Waals surface area contributed by atoms with Crippen molar-refractivity contribution in [2.75, 3.05) is 18.8 Å². The number of rotatable bonds is 3. The smallest absolute Gasteiger partial charge is 0.410 e. The maximum atomic E-state index is 12.6. The van der Waals surface area contributed by atoms with Gasteiger partial charge in [0.2, 0.25) is 0 Å². The van der Waals surface area contributed by atoms with Crippen LogP contribution in [0.3, 0.4) is 0 Å². The quantitative estimate of drug-likeness (QED) is 0.587. The third-order valence-corrected chi connectivity index (χ3v) is 6.25. The van der Waals surface area contributed by atoms with Gasteiger partial charge in [-0.3, -0.25) is 4.79 Å². The lowest BCUT2D eigenvalue weighted by Crippen LogP contribution is -2.39. The maximum absolute atomic E-state index is 12.6. The minimum atomic E-state index is -0.535. The summed E-state index contributed by atoms with van der Waals surface area (Å²) in [5.74, 6) is 1.06. The molecule has 1 amide bonds. The molecular weight excluding hydrogens is 405 g/mol. The number of ether oxygens (including phenoxy) is 1. The summed E-state index contributed by atoms with van der Waals surface area (Å²) < 4.78 is 5.57. The van der Waals surface area contributed by atoms with Crippen molar-refractivity contribution >= 4 is 46.2 Å². The largest absolute Gasteiger partial charge is 0.444 e. The molecule has 4 nitrogen and oxygen atoms in total. The molecule has 0 N–H and O–H groups in total. The maximum Gasteiger partial charge on any atom is 0.410 e. The Morgan fingerprint density at radius 1 is 1.26 bits per heavy atom. The van der Waals surface area contributed by atoms with Crippen molar-refractivity contribution in [3.05, 3.63) is 33.8 Å². The lowest BCUT2D eigenvalue weighted by atomic mass is 9.85. The Labute approximate surface area is 175 Å². The van der Waals surface area contributed by atoms with E-state index in [4.69, 9.17) is 27.9 Å². The lowest BCUT2D eigenvalue weighted by Gasteiger charge is -2.30. The molecule has 0 aliphatic carbocycles. The summed E-state index contributed by atoms with van der Waals surface area (Å²) in [7, 11) is 0. The molecule has 1 aliphatic heterocycles. The highest BCUT2D eigenvalue weighted by Gasteiger charge is 2.32. The highest BCUT2D eigenvalue weighted by molar-refractivity contribution is 8.13. The Balaban J connectivity index is 2.27. The molecule has 0 aromatic heterocycles. The van der Waals surface area contributed by atoms with Crippen LogP contribution in [0.1, 0.15) is 52.0 Å². The second-order valence-electron chi connectivity index (χ2n) is 7.91. The fraction of sp³-hybridized carbons (Fsp3) is 0.600. The van der Waals surface area contributed by atoms with Gasteiger partial charge in [0, 0.05) is 31.7 Å². The van der Waals surface area contributed by atoms with Crippen LogP contribution in [0.15, 0.2) is 18.2 Å². The molecule has 0 bridgehead atoms. The minimum Gasteiger partial charge on any atom is -0.444 e. The van der Waals surface area contributed by atoms with Crippen molar-refractivity contribution in [3.63, 3.8) is 0 Å². The van der Waals surface area contributed by atoms with Crippen molar-refractivity contribution in [2.24, 2.45) is 5.92 Å². The lowest BCUT2D eigenvalue weighted by molar-refractivity contribution is -0.109. The van der Waals surface area contributed by atoms with E-state index in [1.807, 2.05) is 32.9 Å². The predicted molar refractivity (Wildman–Crippen MR) is 113 cm³/mol. The molecule has 1 fully saturated rings. The fourth-order valence-corrected chi connectivity index (χ4v) is 4.41. The topological polar surface area (TPSA) is 46.6 Å². The third-order valence-electron chi connectivity index (χ3n) is 4.51. The van der Waals surface area contributed by atoms with Crippen LogP contribution in [-0.2, 0) is 9.53 Å². The van der Waals surface area contributed by atoms with E-state index in [9.17, 15) is 9.59 Å². The van der Waals surface area contributed by atoms with Crippen molar-refractivity contribution in [3.8, 4) is 0 Å². The number of likely N-dealkylation sites (tertiary alicyclic amines) is 1. The molecule has 1 aliphatic rings. The van der Waals surface area contributed by atoms with Gasteiger partial charge in [-0.2, -0.15) is 0 Å². The summed E-state index contributed by atoms with van der Waals surface area (Å²) in [5, 5.41) is 1.11. The molecule has 0 spiro atoms. The molecule has 1 aromatic rings. The zero-order valence-electron chi connectivity index (χ0n) is 16.3. The second-order valence-corrected chi connectivity index (χ2v) is 9.92. The van der Waals surface area contributed by atoms with E-state index in [-0.39, 0.29) is 23.0 Å². The van der Waals surface area contributed by atoms with E-state index in [1.165, 1.54) is 11.8 Å². The van der Waals surface area contributed by atoms with E-state index < -0.39 is 5.60 Å². The van der Waals surface area contributed by atoms with Crippen molar-refractivity contribution < 1.29 is 14.3 Å². The van der Waals surface area contributed by atoms with Crippen LogP contribution in [0.4, 0.5) is 4.79 Å². The van der Waals surface area contributed by atoms with E-state index in [1.54, 1.807) is 17.9 Å². The first-order valence-corrected chi connectivity index (χ1v) is 10.9. The highest BCUT2D eigenvalue weighted by Crippen LogP contribution is 2.37. The summed E-state index contributed by atoms with van der Waals surface area (Å²) in [4.78, 5) is 25.9. The number of halogens is 2. The fourth-order valence-electron chi connectivity index (χ4n) is 3.26. The van der Waals surface area contributed by atoms with Crippen LogP contribution in [0, 0.1) is 5.92 Å². The zero-order chi connectivity index (χ0) is 20.2. The molecule has 0 radical (unpaired) electrons. The molecule has 150 valence electrons. The summed E-state index contributed by atoms with van der Waals surface area (Å²) in [6.45, 7) is 8.37. The molecule has 1 heterocycles. The standard InChI is InChI=1S/C20H27Cl2NO3S/c1-13(24)27-12-15-6-5-9-23(19(25)26-20(2,3)4)11-16(15)14-7-8-17(21)18(22)10-14/h7-8,10,15-16H,5-6,9,11-12H2,1-4H3.